The van der Waals surface area contributed by atoms with Crippen molar-refractivity contribution in [2.75, 3.05) is 25.1 Å². The lowest BCUT2D eigenvalue weighted by molar-refractivity contribution is -0.131. The largest absolute Gasteiger partial charge is 0.494 e. The molecule has 2 aromatic rings. The lowest BCUT2D eigenvalue weighted by Crippen LogP contribution is -2.58. The molecule has 1 unspecified atom stereocenters. The van der Waals surface area contributed by atoms with E-state index in [-0.39, 0.29) is 22.0 Å². The van der Waals surface area contributed by atoms with Gasteiger partial charge in [0.15, 0.2) is 5.92 Å². The van der Waals surface area contributed by atoms with Crippen molar-refractivity contribution in [3.8, 4) is 5.75 Å². The summed E-state index contributed by atoms with van der Waals surface area (Å²) in [6, 6.07) is 9.41. The molecule has 0 saturated carbocycles. The molecule has 12 heteroatoms. The predicted molar refractivity (Wildman–Crippen MR) is 130 cm³/mol. The molecule has 0 radical (unpaired) electrons. The Morgan fingerprint density at radius 1 is 1.09 bits per heavy atom. The number of halogens is 1. The van der Waals surface area contributed by atoms with Gasteiger partial charge in [-0.2, -0.15) is 4.31 Å². The molecule has 35 heavy (non-hydrogen) atoms. The number of carbonyl (C=O) groups is 3. The minimum Gasteiger partial charge on any atom is -0.494 e. The van der Waals surface area contributed by atoms with Gasteiger partial charge >= 0.3 is 6.03 Å². The van der Waals surface area contributed by atoms with Crippen LogP contribution in [0.2, 0.25) is 5.02 Å². The number of hydrogen-bond acceptors (Lipinski definition) is 7. The Kier molecular flexibility index (Phi) is 7.20. The van der Waals surface area contributed by atoms with Crippen LogP contribution in [0, 0.1) is 5.92 Å². The minimum atomic E-state index is -3.68. The molecular weight excluding hydrogens is 496 g/mol. The molecule has 1 N–H and O–H groups in total. The zero-order chi connectivity index (χ0) is 25.2. The summed E-state index contributed by atoms with van der Waals surface area (Å²) < 4.78 is 32.7. The van der Waals surface area contributed by atoms with Crippen LogP contribution in [-0.4, -0.2) is 57.0 Å². The summed E-state index contributed by atoms with van der Waals surface area (Å²) in [5.41, 5.74) is 0.424. The van der Waals surface area contributed by atoms with Gasteiger partial charge in [-0.3, -0.25) is 19.9 Å². The zero-order valence-corrected chi connectivity index (χ0v) is 20.4. The average molecular weight is 519 g/mol. The molecule has 10 nitrogen and oxygen atoms in total. The topological polar surface area (TPSA) is 125 Å². The number of barbiturate groups is 1. The molecule has 184 valence electrons. The number of nitrogens with zero attached hydrogens (tertiary/aromatic N) is 3. The molecule has 1 atom stereocenters. The zero-order valence-electron chi connectivity index (χ0n) is 18.8. The Hall–Kier alpha value is -3.28. The van der Waals surface area contributed by atoms with Crippen LogP contribution in [0.4, 0.5) is 16.2 Å². The molecule has 4 rings (SSSR count). The molecule has 4 amide bonds. The van der Waals surface area contributed by atoms with E-state index < -0.39 is 33.8 Å². The second kappa shape index (κ2) is 10.1. The molecule has 2 heterocycles. The van der Waals surface area contributed by atoms with Gasteiger partial charge < -0.3 is 4.74 Å². The number of hydrogen-bond donors (Lipinski definition) is 1. The minimum absolute atomic E-state index is 0.0689. The number of sulfonamides is 1. The van der Waals surface area contributed by atoms with E-state index in [0.717, 1.165) is 30.4 Å². The van der Waals surface area contributed by atoms with Crippen molar-refractivity contribution >= 4 is 57.1 Å². The van der Waals surface area contributed by atoms with Crippen LogP contribution in [-0.2, 0) is 19.6 Å². The summed E-state index contributed by atoms with van der Waals surface area (Å²) in [5.74, 6) is -2.86. The first-order chi connectivity index (χ1) is 16.7. The number of benzene rings is 2. The highest BCUT2D eigenvalue weighted by Crippen LogP contribution is 2.32. The Morgan fingerprint density at radius 3 is 2.51 bits per heavy atom. The predicted octanol–water partition coefficient (Wildman–Crippen LogP) is 3.12. The quantitative estimate of drug-likeness (QED) is 0.462. The van der Waals surface area contributed by atoms with Gasteiger partial charge in [-0.15, -0.1) is 0 Å². The van der Waals surface area contributed by atoms with Crippen molar-refractivity contribution in [2.24, 2.45) is 10.9 Å². The summed E-state index contributed by atoms with van der Waals surface area (Å²) in [5, 5.41) is 2.45. The number of carbonyl (C=O) groups excluding carboxylic acids is 3. The Balaban J connectivity index is 1.60. The highest BCUT2D eigenvalue weighted by Gasteiger charge is 2.40. The summed E-state index contributed by atoms with van der Waals surface area (Å²) in [7, 11) is -2.32. The molecule has 2 aromatic carbocycles. The van der Waals surface area contributed by atoms with Crippen LogP contribution in [0.5, 0.6) is 5.75 Å². The van der Waals surface area contributed by atoms with Gasteiger partial charge in [-0.05, 0) is 43.2 Å². The number of anilines is 1. The SMILES string of the molecule is COc1cc(S(=O)(=O)N2CCCCC2)ccc1N=CC1C(=O)NC(=O)N(c2cccc(Cl)c2)C1=O. The third-order valence-corrected chi connectivity index (χ3v) is 7.86. The summed E-state index contributed by atoms with van der Waals surface area (Å²) in [4.78, 5) is 42.8. The van der Waals surface area contributed by atoms with Crippen LogP contribution in [0.1, 0.15) is 19.3 Å². The van der Waals surface area contributed by atoms with Crippen molar-refractivity contribution in [3.05, 3.63) is 47.5 Å². The molecule has 2 aliphatic heterocycles. The maximum absolute atomic E-state index is 13.0. The maximum atomic E-state index is 13.0. The van der Waals surface area contributed by atoms with E-state index in [0.29, 0.717) is 18.1 Å². The molecule has 0 bridgehead atoms. The lowest BCUT2D eigenvalue weighted by atomic mass is 10.1. The van der Waals surface area contributed by atoms with Crippen molar-refractivity contribution in [2.45, 2.75) is 24.2 Å². The Labute approximate surface area is 207 Å². The number of piperidine rings is 1. The van der Waals surface area contributed by atoms with E-state index in [9.17, 15) is 22.8 Å². The molecule has 2 fully saturated rings. The normalized spacial score (nSPS) is 19.8. The number of methoxy groups -OCH3 is 1. The number of imide groups is 2. The molecular formula is C23H23ClN4O6S. The Morgan fingerprint density at radius 2 is 1.83 bits per heavy atom. The lowest BCUT2D eigenvalue weighted by Gasteiger charge is -2.28. The summed E-state index contributed by atoms with van der Waals surface area (Å²) in [6.07, 6.45) is 3.71. The number of rotatable bonds is 6. The molecule has 2 aliphatic rings. The highest BCUT2D eigenvalue weighted by atomic mass is 35.5. The van der Waals surface area contributed by atoms with Crippen LogP contribution in [0.3, 0.4) is 0 Å². The van der Waals surface area contributed by atoms with E-state index in [4.69, 9.17) is 16.3 Å². The van der Waals surface area contributed by atoms with Crippen LogP contribution in [0.15, 0.2) is 52.4 Å². The van der Waals surface area contributed by atoms with Crippen molar-refractivity contribution in [1.82, 2.24) is 9.62 Å². The second-order valence-corrected chi connectivity index (χ2v) is 10.4. The number of amides is 4. The Bertz CT molecular complexity index is 1310. The maximum Gasteiger partial charge on any atom is 0.335 e. The molecule has 0 aromatic heterocycles. The van der Waals surface area contributed by atoms with E-state index in [2.05, 4.69) is 10.3 Å². The van der Waals surface area contributed by atoms with E-state index in [1.807, 2.05) is 0 Å². The van der Waals surface area contributed by atoms with Crippen molar-refractivity contribution < 1.29 is 27.5 Å². The van der Waals surface area contributed by atoms with Crippen LogP contribution in [0.25, 0.3) is 0 Å². The smallest absolute Gasteiger partial charge is 0.335 e. The number of nitrogens with one attached hydrogen (secondary N) is 1. The highest BCUT2D eigenvalue weighted by molar-refractivity contribution is 7.89. The third kappa shape index (κ3) is 5.07. The van der Waals surface area contributed by atoms with Gasteiger partial charge in [0.1, 0.15) is 11.4 Å². The van der Waals surface area contributed by atoms with E-state index in [1.165, 1.54) is 41.7 Å². The van der Waals surface area contributed by atoms with Crippen molar-refractivity contribution in [1.29, 1.82) is 0 Å². The van der Waals surface area contributed by atoms with Gasteiger partial charge in [0.25, 0.3) is 5.91 Å². The van der Waals surface area contributed by atoms with E-state index in [1.54, 1.807) is 12.1 Å². The second-order valence-electron chi connectivity index (χ2n) is 8.00. The molecule has 0 aliphatic carbocycles. The van der Waals surface area contributed by atoms with Crippen molar-refractivity contribution in [3.63, 3.8) is 0 Å². The van der Waals surface area contributed by atoms with Gasteiger partial charge in [0.2, 0.25) is 15.9 Å². The fourth-order valence-electron chi connectivity index (χ4n) is 3.92. The first kappa shape index (κ1) is 24.8. The van der Waals surface area contributed by atoms with Gasteiger partial charge in [0.05, 0.1) is 17.7 Å². The fraction of sp³-hybridized carbons (Fsp3) is 0.304. The van der Waals surface area contributed by atoms with Crippen LogP contribution >= 0.6 is 11.6 Å². The van der Waals surface area contributed by atoms with E-state index >= 15 is 0 Å². The summed E-state index contributed by atoms with van der Waals surface area (Å²) >= 11 is 5.97. The summed E-state index contributed by atoms with van der Waals surface area (Å²) in [6.45, 7) is 0.927. The van der Waals surface area contributed by atoms with Gasteiger partial charge in [-0.25, -0.2) is 18.1 Å². The number of urea groups is 1. The fourth-order valence-corrected chi connectivity index (χ4v) is 5.63. The van der Waals surface area contributed by atoms with Gasteiger partial charge in [0, 0.05) is 30.4 Å². The third-order valence-electron chi connectivity index (χ3n) is 5.74. The standard InChI is InChI=1S/C23H23ClN4O6S/c1-34-20-13-17(35(32,33)27-10-3-2-4-11-27)8-9-19(20)25-14-18-21(29)26-23(31)28(22(18)30)16-7-5-6-15(24)12-16/h5-9,12-14,18H,2-4,10-11H2,1H3,(H,26,29,31). The molecule has 2 saturated heterocycles. The monoisotopic (exact) mass is 518 g/mol. The van der Waals surface area contributed by atoms with Gasteiger partial charge in [-0.1, -0.05) is 24.1 Å². The average Bonchev–Trinajstić information content (AvgIpc) is 2.84. The first-order valence-corrected chi connectivity index (χ1v) is 12.7. The first-order valence-electron chi connectivity index (χ1n) is 10.9. The number of ether oxygens (including phenoxy) is 1. The number of aliphatic imine (C=N–C) groups is 1. The molecule has 0 spiro atoms. The van der Waals surface area contributed by atoms with Crippen LogP contribution < -0.4 is 15.0 Å².